The van der Waals surface area contributed by atoms with Crippen LogP contribution in [-0.2, 0) is 4.79 Å². The van der Waals surface area contributed by atoms with E-state index in [2.05, 4.69) is 6.07 Å². The fourth-order valence-corrected chi connectivity index (χ4v) is 2.16. The number of nitriles is 1. The van der Waals surface area contributed by atoms with Crippen molar-refractivity contribution < 1.29 is 9.90 Å². The molecule has 0 saturated carbocycles. The molecule has 1 aromatic carbocycles. The number of fused-ring (bicyclic) bond motifs is 1. The predicted octanol–water partition coefficient (Wildman–Crippen LogP) is 2.94. The number of hydrogen-bond acceptors (Lipinski definition) is 2. The molecule has 1 aromatic heterocycles. The first-order valence-electron chi connectivity index (χ1n) is 5.91. The van der Waals surface area contributed by atoms with Gasteiger partial charge in [-0.25, -0.2) is 4.79 Å². The van der Waals surface area contributed by atoms with Gasteiger partial charge in [0.15, 0.2) is 0 Å². The molecule has 0 fully saturated rings. The summed E-state index contributed by atoms with van der Waals surface area (Å²) in [7, 11) is 0. The number of hydrogen-bond donors (Lipinski definition) is 1. The molecule has 1 atom stereocenters. The molecular weight excluding hydrogens is 228 g/mol. The number of nitrogens with zero attached hydrogens (tertiary/aromatic N) is 2. The van der Waals surface area contributed by atoms with Crippen molar-refractivity contribution in [2.45, 2.75) is 25.8 Å². The molecule has 4 heteroatoms. The van der Waals surface area contributed by atoms with Crippen molar-refractivity contribution in [2.75, 3.05) is 0 Å². The normalized spacial score (nSPS) is 12.2. The Morgan fingerprint density at radius 1 is 1.50 bits per heavy atom. The minimum Gasteiger partial charge on any atom is -0.480 e. The number of rotatable bonds is 4. The summed E-state index contributed by atoms with van der Waals surface area (Å²) in [6.07, 6.45) is 3.19. The van der Waals surface area contributed by atoms with Gasteiger partial charge in [-0.15, -0.1) is 0 Å². The number of carboxylic acids is 1. The molecule has 0 amide bonds. The van der Waals surface area contributed by atoms with Gasteiger partial charge in [0.2, 0.25) is 0 Å². The summed E-state index contributed by atoms with van der Waals surface area (Å²) in [6, 6.07) is 8.68. The van der Waals surface area contributed by atoms with Crippen molar-refractivity contribution in [3.63, 3.8) is 0 Å². The minimum atomic E-state index is -0.821. The molecule has 0 aliphatic rings. The molecule has 0 radical (unpaired) electrons. The van der Waals surface area contributed by atoms with E-state index in [0.717, 1.165) is 17.3 Å². The van der Waals surface area contributed by atoms with Gasteiger partial charge in [0.25, 0.3) is 0 Å². The van der Waals surface area contributed by atoms with Crippen LogP contribution in [0.25, 0.3) is 10.9 Å². The largest absolute Gasteiger partial charge is 0.480 e. The fraction of sp³-hybridized carbons (Fsp3) is 0.286. The first-order valence-corrected chi connectivity index (χ1v) is 5.91. The molecule has 0 saturated heterocycles. The summed E-state index contributed by atoms with van der Waals surface area (Å²) >= 11 is 0. The average molecular weight is 242 g/mol. The summed E-state index contributed by atoms with van der Waals surface area (Å²) in [5.74, 6) is -0.821. The van der Waals surface area contributed by atoms with Crippen molar-refractivity contribution in [2.24, 2.45) is 0 Å². The summed E-state index contributed by atoms with van der Waals surface area (Å²) in [4.78, 5) is 11.3. The lowest BCUT2D eigenvalue weighted by Crippen LogP contribution is -2.17. The van der Waals surface area contributed by atoms with E-state index in [9.17, 15) is 9.90 Å². The Balaban J connectivity index is 2.51. The Hall–Kier alpha value is -2.28. The van der Waals surface area contributed by atoms with Crippen molar-refractivity contribution >= 4 is 16.9 Å². The quantitative estimate of drug-likeness (QED) is 0.896. The van der Waals surface area contributed by atoms with Gasteiger partial charge >= 0.3 is 5.97 Å². The fourth-order valence-electron chi connectivity index (χ4n) is 2.16. The number of aromatic nitrogens is 1. The molecule has 0 spiro atoms. The van der Waals surface area contributed by atoms with Crippen LogP contribution in [0.2, 0.25) is 0 Å². The molecule has 0 aliphatic carbocycles. The SMILES string of the molecule is CCCC(C(=O)O)n1ccc2cc(C#N)ccc21. The van der Waals surface area contributed by atoms with Crippen LogP contribution in [-0.4, -0.2) is 15.6 Å². The summed E-state index contributed by atoms with van der Waals surface area (Å²) in [6.45, 7) is 1.97. The Labute approximate surface area is 105 Å². The van der Waals surface area contributed by atoms with Crippen LogP contribution in [0, 0.1) is 11.3 Å². The molecule has 1 heterocycles. The van der Waals surface area contributed by atoms with Crippen LogP contribution in [0.5, 0.6) is 0 Å². The number of benzene rings is 1. The first kappa shape index (κ1) is 12.2. The van der Waals surface area contributed by atoms with Gasteiger partial charge in [-0.1, -0.05) is 13.3 Å². The maximum atomic E-state index is 11.3. The zero-order chi connectivity index (χ0) is 13.1. The summed E-state index contributed by atoms with van der Waals surface area (Å²) in [5, 5.41) is 19.0. The average Bonchev–Trinajstić information content (AvgIpc) is 2.78. The standard InChI is InChI=1S/C14H14N2O2/c1-2-3-13(14(17)18)16-7-6-11-8-10(9-15)4-5-12(11)16/h4-8,13H,2-3H2,1H3,(H,17,18). The lowest BCUT2D eigenvalue weighted by molar-refractivity contribution is -0.141. The molecule has 0 bridgehead atoms. The maximum Gasteiger partial charge on any atom is 0.326 e. The molecule has 0 aliphatic heterocycles. The third-order valence-corrected chi connectivity index (χ3v) is 3.03. The Kier molecular flexibility index (Phi) is 3.33. The zero-order valence-corrected chi connectivity index (χ0v) is 10.1. The van der Waals surface area contributed by atoms with Crippen molar-refractivity contribution in [1.82, 2.24) is 4.57 Å². The highest BCUT2D eigenvalue weighted by molar-refractivity contribution is 5.84. The lowest BCUT2D eigenvalue weighted by atomic mass is 10.1. The lowest BCUT2D eigenvalue weighted by Gasteiger charge is -2.14. The van der Waals surface area contributed by atoms with Crippen LogP contribution in [0.15, 0.2) is 30.5 Å². The highest BCUT2D eigenvalue weighted by Gasteiger charge is 2.19. The van der Waals surface area contributed by atoms with Crippen LogP contribution in [0.1, 0.15) is 31.4 Å². The molecule has 2 aromatic rings. The van der Waals surface area contributed by atoms with Crippen molar-refractivity contribution in [3.8, 4) is 6.07 Å². The van der Waals surface area contributed by atoms with E-state index in [1.807, 2.05) is 13.0 Å². The van der Waals surface area contributed by atoms with E-state index in [-0.39, 0.29) is 0 Å². The first-order chi connectivity index (χ1) is 8.67. The monoisotopic (exact) mass is 242 g/mol. The van der Waals surface area contributed by atoms with E-state index in [1.165, 1.54) is 0 Å². The minimum absolute atomic E-state index is 0.541. The van der Waals surface area contributed by atoms with E-state index >= 15 is 0 Å². The third kappa shape index (κ3) is 2.07. The second-order valence-corrected chi connectivity index (χ2v) is 4.25. The smallest absolute Gasteiger partial charge is 0.326 e. The topological polar surface area (TPSA) is 66.0 Å². The van der Waals surface area contributed by atoms with Crippen LogP contribution >= 0.6 is 0 Å². The molecule has 18 heavy (non-hydrogen) atoms. The van der Waals surface area contributed by atoms with E-state index in [4.69, 9.17) is 5.26 Å². The highest BCUT2D eigenvalue weighted by atomic mass is 16.4. The predicted molar refractivity (Wildman–Crippen MR) is 68.2 cm³/mol. The molecule has 92 valence electrons. The number of aliphatic carboxylic acids is 1. The van der Waals surface area contributed by atoms with Crippen molar-refractivity contribution in [1.29, 1.82) is 5.26 Å². The maximum absolute atomic E-state index is 11.3. The van der Waals surface area contributed by atoms with Gasteiger partial charge in [0.1, 0.15) is 6.04 Å². The molecular formula is C14H14N2O2. The van der Waals surface area contributed by atoms with Crippen molar-refractivity contribution in [3.05, 3.63) is 36.0 Å². The Morgan fingerprint density at radius 2 is 2.28 bits per heavy atom. The molecule has 1 unspecified atom stereocenters. The van der Waals surface area contributed by atoms with Gasteiger partial charge < -0.3 is 9.67 Å². The molecule has 4 nitrogen and oxygen atoms in total. The zero-order valence-electron chi connectivity index (χ0n) is 10.1. The van der Waals surface area contributed by atoms with Gasteiger partial charge in [-0.05, 0) is 30.7 Å². The van der Waals surface area contributed by atoms with Gasteiger partial charge in [-0.3, -0.25) is 0 Å². The second kappa shape index (κ2) is 4.92. The van der Waals surface area contributed by atoms with Crippen LogP contribution in [0.3, 0.4) is 0 Å². The summed E-state index contributed by atoms with van der Waals surface area (Å²) in [5.41, 5.74) is 1.44. The Morgan fingerprint density at radius 3 is 2.89 bits per heavy atom. The van der Waals surface area contributed by atoms with Gasteiger partial charge in [0.05, 0.1) is 11.6 Å². The van der Waals surface area contributed by atoms with Gasteiger partial charge in [-0.2, -0.15) is 5.26 Å². The van der Waals surface area contributed by atoms with Crippen LogP contribution in [0.4, 0.5) is 0 Å². The highest BCUT2D eigenvalue weighted by Crippen LogP contribution is 2.24. The molecule has 1 N–H and O–H groups in total. The summed E-state index contributed by atoms with van der Waals surface area (Å²) < 4.78 is 1.77. The van der Waals surface area contributed by atoms with E-state index < -0.39 is 12.0 Å². The molecule has 2 rings (SSSR count). The van der Waals surface area contributed by atoms with E-state index in [0.29, 0.717) is 12.0 Å². The van der Waals surface area contributed by atoms with Gasteiger partial charge in [0, 0.05) is 17.1 Å². The number of carboxylic acid groups (broad SMARTS) is 1. The van der Waals surface area contributed by atoms with E-state index in [1.54, 1.807) is 29.0 Å². The Bertz CT molecular complexity index is 622. The third-order valence-electron chi connectivity index (χ3n) is 3.03. The number of carbonyl (C=O) groups is 1. The van der Waals surface area contributed by atoms with Crippen LogP contribution < -0.4 is 0 Å². The second-order valence-electron chi connectivity index (χ2n) is 4.25.